The zero-order valence-electron chi connectivity index (χ0n) is 5.66. The zero-order valence-corrected chi connectivity index (χ0v) is 10.3. The van der Waals surface area contributed by atoms with Crippen LogP contribution in [0.2, 0.25) is 0 Å². The van der Waals surface area contributed by atoms with Crippen molar-refractivity contribution in [3.8, 4) is 0 Å². The smallest absolute Gasteiger partial charge is 0 e. The van der Waals surface area contributed by atoms with E-state index >= 15 is 0 Å². The molecular formula is C8H8BrZn-. The van der Waals surface area contributed by atoms with Crippen LogP contribution in [-0.4, -0.2) is 0 Å². The van der Waals surface area contributed by atoms with Crippen LogP contribution in [0.5, 0.6) is 0 Å². The van der Waals surface area contributed by atoms with Gasteiger partial charge in [-0.3, -0.25) is 6.58 Å². The van der Waals surface area contributed by atoms with Gasteiger partial charge in [-0.2, -0.15) is 5.56 Å². The van der Waals surface area contributed by atoms with Gasteiger partial charge in [-0.15, -0.1) is 29.1 Å². The van der Waals surface area contributed by atoms with E-state index in [9.17, 15) is 0 Å². The molecule has 0 nitrogen and oxygen atoms in total. The first-order chi connectivity index (χ1) is 3.93. The molecule has 0 heterocycles. The van der Waals surface area contributed by atoms with E-state index in [2.05, 4.69) is 0 Å². The van der Waals surface area contributed by atoms with Gasteiger partial charge in [0.2, 0.25) is 0 Å². The molecule has 0 amide bonds. The standard InChI is InChI=1S/C8H7.BrH.Zn/c1-2-8-6-4-3-5-7-8;;/h1-7H;1H;/q-1;;. The van der Waals surface area contributed by atoms with Crippen LogP contribution in [0.3, 0.4) is 0 Å². The van der Waals surface area contributed by atoms with E-state index in [0.29, 0.717) is 0 Å². The molecule has 0 unspecified atom stereocenters. The van der Waals surface area contributed by atoms with Crippen LogP contribution in [0.25, 0.3) is 6.08 Å². The summed E-state index contributed by atoms with van der Waals surface area (Å²) in [4.78, 5) is 0. The first-order valence-electron chi connectivity index (χ1n) is 2.53. The molecule has 0 saturated carbocycles. The molecule has 0 N–H and O–H groups in total. The molecule has 0 fully saturated rings. The van der Waals surface area contributed by atoms with E-state index in [1.165, 1.54) is 0 Å². The minimum atomic E-state index is 0. The van der Waals surface area contributed by atoms with Gasteiger partial charge < -0.3 is 0 Å². The Hall–Kier alpha value is 0.0634. The van der Waals surface area contributed by atoms with Crippen molar-refractivity contribution in [3.63, 3.8) is 0 Å². The Morgan fingerprint density at radius 3 is 1.90 bits per heavy atom. The molecule has 0 aliphatic carbocycles. The van der Waals surface area contributed by atoms with E-state index in [1.807, 2.05) is 30.3 Å². The number of hydrogen-bond acceptors (Lipinski definition) is 0. The second-order valence-corrected chi connectivity index (χ2v) is 1.58. The van der Waals surface area contributed by atoms with Crippen molar-refractivity contribution in [1.82, 2.24) is 0 Å². The van der Waals surface area contributed by atoms with Crippen molar-refractivity contribution < 1.29 is 19.5 Å². The van der Waals surface area contributed by atoms with Crippen molar-refractivity contribution in [2.45, 2.75) is 0 Å². The van der Waals surface area contributed by atoms with Crippen molar-refractivity contribution in [1.29, 1.82) is 0 Å². The number of rotatable bonds is 1. The molecule has 1 aromatic rings. The summed E-state index contributed by atoms with van der Waals surface area (Å²) >= 11 is 0. The van der Waals surface area contributed by atoms with E-state index in [1.54, 1.807) is 6.08 Å². The van der Waals surface area contributed by atoms with E-state index in [-0.39, 0.29) is 36.5 Å². The molecular weight excluding hydrogens is 241 g/mol. The topological polar surface area (TPSA) is 0 Å². The molecule has 0 aliphatic rings. The van der Waals surface area contributed by atoms with Gasteiger partial charge >= 0.3 is 0 Å². The molecule has 0 aliphatic heterocycles. The number of benzene rings is 1. The third kappa shape index (κ3) is 3.97. The van der Waals surface area contributed by atoms with E-state index in [4.69, 9.17) is 6.58 Å². The summed E-state index contributed by atoms with van der Waals surface area (Å²) in [5, 5.41) is 0. The molecule has 50 valence electrons. The fraction of sp³-hybridized carbons (Fsp3) is 0. The molecule has 1 rings (SSSR count). The molecule has 0 radical (unpaired) electrons. The zero-order chi connectivity index (χ0) is 5.82. The summed E-state index contributed by atoms with van der Waals surface area (Å²) in [6.07, 6.45) is 1.58. The summed E-state index contributed by atoms with van der Waals surface area (Å²) in [6.45, 7) is 5.22. The van der Waals surface area contributed by atoms with Crippen molar-refractivity contribution in [2.75, 3.05) is 0 Å². The van der Waals surface area contributed by atoms with Crippen molar-refractivity contribution in [2.24, 2.45) is 0 Å². The monoisotopic (exact) mass is 247 g/mol. The van der Waals surface area contributed by atoms with Crippen LogP contribution >= 0.6 is 17.0 Å². The molecule has 0 atom stereocenters. The molecule has 0 bridgehead atoms. The van der Waals surface area contributed by atoms with Gasteiger partial charge in [-0.25, -0.2) is 6.08 Å². The van der Waals surface area contributed by atoms with Gasteiger partial charge in [0, 0.05) is 19.5 Å². The van der Waals surface area contributed by atoms with Crippen molar-refractivity contribution >= 4 is 23.1 Å². The van der Waals surface area contributed by atoms with Gasteiger partial charge in [0.1, 0.15) is 0 Å². The maximum atomic E-state index is 5.22. The van der Waals surface area contributed by atoms with Crippen LogP contribution in [0, 0.1) is 6.58 Å². The average molecular weight is 249 g/mol. The summed E-state index contributed by atoms with van der Waals surface area (Å²) < 4.78 is 0. The van der Waals surface area contributed by atoms with Gasteiger partial charge in [-0.1, -0.05) is 18.2 Å². The van der Waals surface area contributed by atoms with Crippen LogP contribution < -0.4 is 0 Å². The van der Waals surface area contributed by atoms with Crippen LogP contribution in [0.1, 0.15) is 5.56 Å². The Balaban J connectivity index is 0. The van der Waals surface area contributed by atoms with Crippen LogP contribution in [0.15, 0.2) is 30.3 Å². The predicted molar refractivity (Wildman–Crippen MR) is 45.5 cm³/mol. The van der Waals surface area contributed by atoms with Gasteiger partial charge in [0.25, 0.3) is 0 Å². The molecule has 10 heavy (non-hydrogen) atoms. The fourth-order valence-corrected chi connectivity index (χ4v) is 0.564. The van der Waals surface area contributed by atoms with Crippen LogP contribution in [0.4, 0.5) is 0 Å². The Kier molecular flexibility index (Phi) is 9.12. The average Bonchev–Trinajstić information content (AvgIpc) is 1.90. The van der Waals surface area contributed by atoms with Gasteiger partial charge in [-0.05, 0) is 0 Å². The fourth-order valence-electron chi connectivity index (χ4n) is 0.564. The van der Waals surface area contributed by atoms with E-state index in [0.717, 1.165) is 5.56 Å². The quantitative estimate of drug-likeness (QED) is 0.530. The molecule has 0 spiro atoms. The summed E-state index contributed by atoms with van der Waals surface area (Å²) in [5.41, 5.74) is 1.06. The van der Waals surface area contributed by atoms with Gasteiger partial charge in [0.15, 0.2) is 0 Å². The van der Waals surface area contributed by atoms with E-state index < -0.39 is 0 Å². The minimum absolute atomic E-state index is 0. The Morgan fingerprint density at radius 2 is 1.60 bits per heavy atom. The number of halogens is 1. The third-order valence-electron chi connectivity index (χ3n) is 0.992. The van der Waals surface area contributed by atoms with Crippen molar-refractivity contribution in [3.05, 3.63) is 42.5 Å². The molecule has 0 aromatic heterocycles. The Labute approximate surface area is 84.9 Å². The Morgan fingerprint density at radius 1 is 1.10 bits per heavy atom. The SMILES string of the molecule is Br.[CH-]=Cc1ccccc1.[Zn]. The van der Waals surface area contributed by atoms with Crippen LogP contribution in [-0.2, 0) is 19.5 Å². The second-order valence-electron chi connectivity index (χ2n) is 1.58. The normalized spacial score (nSPS) is 6.80. The summed E-state index contributed by atoms with van der Waals surface area (Å²) in [7, 11) is 0. The predicted octanol–water partition coefficient (Wildman–Crippen LogP) is 2.71. The minimum Gasteiger partial charge on any atom is -0.292 e. The third-order valence-corrected chi connectivity index (χ3v) is 0.992. The summed E-state index contributed by atoms with van der Waals surface area (Å²) in [6, 6.07) is 9.80. The Bertz CT molecular complexity index is 172. The maximum absolute atomic E-state index is 5.22. The maximum Gasteiger partial charge on any atom is 0 e. The second kappa shape index (κ2) is 7.17. The molecule has 2 heteroatoms. The first kappa shape index (κ1) is 12.7. The number of hydrogen-bond donors (Lipinski definition) is 0. The largest absolute Gasteiger partial charge is 0.292 e. The molecule has 0 saturated heterocycles. The first-order valence-corrected chi connectivity index (χ1v) is 2.53. The molecule has 1 aromatic carbocycles. The summed E-state index contributed by atoms with van der Waals surface area (Å²) in [5.74, 6) is 0. The van der Waals surface area contributed by atoms with Gasteiger partial charge in [0.05, 0.1) is 0 Å².